The molecule has 0 amide bonds. The Labute approximate surface area is 186 Å². The fourth-order valence-electron chi connectivity index (χ4n) is 3.98. The van der Waals surface area contributed by atoms with Crippen LogP contribution in [0, 0.1) is 0 Å². The molecule has 6 aromatic rings. The number of oxazole rings is 1. The lowest BCUT2D eigenvalue weighted by Gasteiger charge is -2.07. The van der Waals surface area contributed by atoms with E-state index in [9.17, 15) is 0 Å². The molecular weight excluding hydrogens is 392 g/mol. The lowest BCUT2D eigenvalue weighted by Crippen LogP contribution is -1.89. The van der Waals surface area contributed by atoms with Crippen LogP contribution in [0.3, 0.4) is 0 Å². The summed E-state index contributed by atoms with van der Waals surface area (Å²) in [6, 6.07) is 39.4. The monoisotopic (exact) mass is 412 g/mol. The second-order valence-electron chi connectivity index (χ2n) is 7.83. The highest BCUT2D eigenvalue weighted by molar-refractivity contribution is 5.88. The fraction of sp³-hybridized carbons (Fsp3) is 0. The Hall–Kier alpha value is -4.37. The van der Waals surface area contributed by atoms with Crippen LogP contribution in [0.1, 0.15) is 0 Å². The Morgan fingerprint density at radius 3 is 2.06 bits per heavy atom. The molecule has 0 bridgehead atoms. The zero-order valence-corrected chi connectivity index (χ0v) is 17.3. The first kappa shape index (κ1) is 18.4. The summed E-state index contributed by atoms with van der Waals surface area (Å²) in [4.78, 5) is 4.71. The maximum absolute atomic E-state index is 6.14. The van der Waals surface area contributed by atoms with Gasteiger partial charge >= 0.3 is 0 Å². The average Bonchev–Trinajstić information content (AvgIpc) is 3.28. The first-order chi connectivity index (χ1) is 15.8. The zero-order valence-electron chi connectivity index (χ0n) is 17.3. The summed E-state index contributed by atoms with van der Waals surface area (Å²) in [6.45, 7) is 0. The molecule has 3 heteroatoms. The highest BCUT2D eigenvalue weighted by atomic mass is 16.3. The van der Waals surface area contributed by atoms with Crippen LogP contribution in [-0.4, -0.2) is 4.98 Å². The number of rotatable bonds is 4. The van der Waals surface area contributed by atoms with Crippen molar-refractivity contribution in [3.63, 3.8) is 0 Å². The quantitative estimate of drug-likeness (QED) is 0.318. The second kappa shape index (κ2) is 7.71. The van der Waals surface area contributed by atoms with Crippen LogP contribution in [0.2, 0.25) is 0 Å². The van der Waals surface area contributed by atoms with Crippen molar-refractivity contribution in [1.29, 1.82) is 0 Å². The van der Waals surface area contributed by atoms with Crippen molar-refractivity contribution in [2.75, 3.05) is 5.32 Å². The number of fused-ring (bicyclic) bond motifs is 2. The molecule has 0 fully saturated rings. The van der Waals surface area contributed by atoms with Gasteiger partial charge in [0.1, 0.15) is 5.52 Å². The largest absolute Gasteiger partial charge is 0.436 e. The van der Waals surface area contributed by atoms with E-state index in [1.165, 1.54) is 10.8 Å². The molecule has 0 radical (unpaired) electrons. The van der Waals surface area contributed by atoms with Crippen molar-refractivity contribution >= 4 is 33.2 Å². The third kappa shape index (κ3) is 3.50. The summed E-state index contributed by atoms with van der Waals surface area (Å²) in [5.74, 6) is 0.644. The number of anilines is 2. The number of benzene rings is 5. The maximum atomic E-state index is 6.14. The molecule has 1 aromatic heterocycles. The summed E-state index contributed by atoms with van der Waals surface area (Å²) < 4.78 is 6.14. The molecule has 0 spiro atoms. The Morgan fingerprint density at radius 1 is 0.531 bits per heavy atom. The molecule has 152 valence electrons. The molecule has 32 heavy (non-hydrogen) atoms. The standard InChI is InChI=1S/C29H20N2O/c1-2-8-25(9-3-1)30-26-15-12-21(13-16-26)23-14-17-27-28(19-23)32-29(31-27)24-11-10-20-6-4-5-7-22(20)18-24/h1-19,30H. The molecule has 1 N–H and O–H groups in total. The van der Waals surface area contributed by atoms with Crippen LogP contribution in [0.5, 0.6) is 0 Å². The molecule has 0 aliphatic rings. The number of para-hydroxylation sites is 1. The van der Waals surface area contributed by atoms with E-state index in [4.69, 9.17) is 9.40 Å². The van der Waals surface area contributed by atoms with E-state index in [2.05, 4.69) is 84.2 Å². The lowest BCUT2D eigenvalue weighted by molar-refractivity contribution is 0.620. The van der Waals surface area contributed by atoms with Gasteiger partial charge in [-0.15, -0.1) is 0 Å². The molecule has 0 saturated carbocycles. The molecule has 0 atom stereocenters. The van der Waals surface area contributed by atoms with E-state index >= 15 is 0 Å². The van der Waals surface area contributed by atoms with Gasteiger partial charge in [0.25, 0.3) is 0 Å². The van der Waals surface area contributed by atoms with Crippen LogP contribution in [0.4, 0.5) is 11.4 Å². The molecule has 5 aromatic carbocycles. The highest BCUT2D eigenvalue weighted by Gasteiger charge is 2.10. The fourth-order valence-corrected chi connectivity index (χ4v) is 3.98. The molecular formula is C29H20N2O. The van der Waals surface area contributed by atoms with Gasteiger partial charge in [0.15, 0.2) is 5.58 Å². The van der Waals surface area contributed by atoms with Gasteiger partial charge in [0.05, 0.1) is 0 Å². The Morgan fingerprint density at radius 2 is 1.22 bits per heavy atom. The van der Waals surface area contributed by atoms with Crippen molar-refractivity contribution < 1.29 is 4.42 Å². The SMILES string of the molecule is c1ccc(Nc2ccc(-c3ccc4nc(-c5ccc6ccccc6c5)oc4c3)cc2)cc1. The summed E-state index contributed by atoms with van der Waals surface area (Å²) in [5.41, 5.74) is 7.00. The minimum Gasteiger partial charge on any atom is -0.436 e. The van der Waals surface area contributed by atoms with Crippen LogP contribution in [-0.2, 0) is 0 Å². The predicted octanol–water partition coefficient (Wildman–Crippen LogP) is 8.06. The second-order valence-corrected chi connectivity index (χ2v) is 7.83. The Bertz CT molecular complexity index is 1530. The summed E-state index contributed by atoms with van der Waals surface area (Å²) in [6.07, 6.45) is 0. The maximum Gasteiger partial charge on any atom is 0.227 e. The highest BCUT2D eigenvalue weighted by Crippen LogP contribution is 2.31. The van der Waals surface area contributed by atoms with Gasteiger partial charge in [-0.3, -0.25) is 0 Å². The van der Waals surface area contributed by atoms with Crippen molar-refractivity contribution in [2.45, 2.75) is 0 Å². The minimum atomic E-state index is 0.644. The summed E-state index contributed by atoms with van der Waals surface area (Å²) >= 11 is 0. The van der Waals surface area contributed by atoms with Gasteiger partial charge in [0, 0.05) is 16.9 Å². The number of nitrogens with one attached hydrogen (secondary N) is 1. The molecule has 0 unspecified atom stereocenters. The van der Waals surface area contributed by atoms with Gasteiger partial charge in [-0.2, -0.15) is 0 Å². The predicted molar refractivity (Wildman–Crippen MR) is 132 cm³/mol. The van der Waals surface area contributed by atoms with E-state index in [0.717, 1.165) is 39.2 Å². The van der Waals surface area contributed by atoms with E-state index in [1.807, 2.05) is 36.4 Å². The van der Waals surface area contributed by atoms with Gasteiger partial charge < -0.3 is 9.73 Å². The summed E-state index contributed by atoms with van der Waals surface area (Å²) in [5, 5.41) is 5.80. The molecule has 0 aliphatic carbocycles. The van der Waals surface area contributed by atoms with Gasteiger partial charge in [-0.05, 0) is 70.4 Å². The molecule has 0 aliphatic heterocycles. The minimum absolute atomic E-state index is 0.644. The van der Waals surface area contributed by atoms with E-state index in [-0.39, 0.29) is 0 Å². The van der Waals surface area contributed by atoms with Crippen molar-refractivity contribution in [1.82, 2.24) is 4.98 Å². The first-order valence-corrected chi connectivity index (χ1v) is 10.6. The third-order valence-corrected chi connectivity index (χ3v) is 5.67. The number of nitrogens with zero attached hydrogens (tertiary/aromatic N) is 1. The topological polar surface area (TPSA) is 38.1 Å². The zero-order chi connectivity index (χ0) is 21.3. The van der Waals surface area contributed by atoms with Crippen LogP contribution in [0.25, 0.3) is 44.5 Å². The summed E-state index contributed by atoms with van der Waals surface area (Å²) in [7, 11) is 0. The van der Waals surface area contributed by atoms with Crippen LogP contribution < -0.4 is 5.32 Å². The van der Waals surface area contributed by atoms with Crippen molar-refractivity contribution in [3.05, 3.63) is 115 Å². The Balaban J connectivity index is 1.30. The van der Waals surface area contributed by atoms with Crippen LogP contribution in [0.15, 0.2) is 120 Å². The van der Waals surface area contributed by atoms with Gasteiger partial charge in [0.2, 0.25) is 5.89 Å². The third-order valence-electron chi connectivity index (χ3n) is 5.67. The van der Waals surface area contributed by atoms with E-state index in [1.54, 1.807) is 0 Å². The number of hydrogen-bond acceptors (Lipinski definition) is 3. The lowest BCUT2D eigenvalue weighted by atomic mass is 10.0. The number of hydrogen-bond donors (Lipinski definition) is 1. The van der Waals surface area contributed by atoms with Crippen LogP contribution >= 0.6 is 0 Å². The first-order valence-electron chi connectivity index (χ1n) is 10.6. The molecule has 1 heterocycles. The Kier molecular flexibility index (Phi) is 4.43. The number of aromatic nitrogens is 1. The van der Waals surface area contributed by atoms with Crippen molar-refractivity contribution in [3.8, 4) is 22.6 Å². The molecule has 6 rings (SSSR count). The normalized spacial score (nSPS) is 11.1. The van der Waals surface area contributed by atoms with Gasteiger partial charge in [-0.25, -0.2) is 4.98 Å². The van der Waals surface area contributed by atoms with Gasteiger partial charge in [-0.1, -0.05) is 66.7 Å². The van der Waals surface area contributed by atoms with E-state index < -0.39 is 0 Å². The van der Waals surface area contributed by atoms with Crippen molar-refractivity contribution in [2.24, 2.45) is 0 Å². The molecule has 3 nitrogen and oxygen atoms in total. The molecule has 0 saturated heterocycles. The van der Waals surface area contributed by atoms with E-state index in [0.29, 0.717) is 5.89 Å². The average molecular weight is 412 g/mol. The smallest absolute Gasteiger partial charge is 0.227 e.